The molecule has 0 aromatic carbocycles. The van der Waals surface area contributed by atoms with Gasteiger partial charge in [-0.1, -0.05) is 5.92 Å². The highest BCUT2D eigenvalue weighted by Crippen LogP contribution is 2.48. The van der Waals surface area contributed by atoms with Crippen molar-refractivity contribution in [3.05, 3.63) is 68.4 Å². The van der Waals surface area contributed by atoms with Gasteiger partial charge in [-0.25, -0.2) is 4.79 Å². The van der Waals surface area contributed by atoms with Crippen molar-refractivity contribution in [3.8, 4) is 29.2 Å². The highest BCUT2D eigenvalue weighted by Gasteiger charge is 2.39. The van der Waals surface area contributed by atoms with Gasteiger partial charge in [0.1, 0.15) is 11.8 Å². The average molecular weight is 358 g/mol. The van der Waals surface area contributed by atoms with Gasteiger partial charge >= 0.3 is 5.69 Å². The number of nitriles is 1. The molecule has 1 aliphatic carbocycles. The van der Waals surface area contributed by atoms with E-state index in [-0.39, 0.29) is 23.1 Å². The first-order chi connectivity index (χ1) is 13.1. The first-order valence-electron chi connectivity index (χ1n) is 8.30. The standard InChI is InChI=1S/C19H14N6O2/c1-25-6-2-3-12(25)5-4-11-7-13(11)14-8-16(23-24-17(14)9-20)15-10-21-19(27)22-18(15)26/h2-3,6,8,10-11,13H,7H2,1H3,(H2,21,22,26,27)/t11-,13-/m0/s1. The Morgan fingerprint density at radius 2 is 2.19 bits per heavy atom. The number of aromatic amines is 2. The molecule has 3 aromatic rings. The molecule has 2 atom stereocenters. The third kappa shape index (κ3) is 3.16. The van der Waals surface area contributed by atoms with Crippen LogP contribution in [-0.2, 0) is 7.05 Å². The fourth-order valence-electron chi connectivity index (χ4n) is 2.96. The van der Waals surface area contributed by atoms with E-state index >= 15 is 0 Å². The second kappa shape index (κ2) is 6.43. The zero-order valence-electron chi connectivity index (χ0n) is 14.4. The van der Waals surface area contributed by atoms with E-state index in [1.807, 2.05) is 36.0 Å². The van der Waals surface area contributed by atoms with E-state index < -0.39 is 11.2 Å². The number of nitrogens with one attached hydrogen (secondary N) is 2. The van der Waals surface area contributed by atoms with Gasteiger partial charge in [0.25, 0.3) is 5.56 Å². The fourth-order valence-corrected chi connectivity index (χ4v) is 2.96. The molecule has 0 aliphatic heterocycles. The van der Waals surface area contributed by atoms with Crippen molar-refractivity contribution in [1.82, 2.24) is 24.7 Å². The van der Waals surface area contributed by atoms with Gasteiger partial charge in [0.15, 0.2) is 5.69 Å². The lowest BCUT2D eigenvalue weighted by molar-refractivity contribution is 0.910. The van der Waals surface area contributed by atoms with Crippen molar-refractivity contribution in [2.24, 2.45) is 13.0 Å². The Morgan fingerprint density at radius 3 is 2.89 bits per heavy atom. The van der Waals surface area contributed by atoms with Gasteiger partial charge in [-0.15, -0.1) is 10.2 Å². The summed E-state index contributed by atoms with van der Waals surface area (Å²) in [7, 11) is 1.93. The van der Waals surface area contributed by atoms with Crippen LogP contribution in [0.3, 0.4) is 0 Å². The Kier molecular flexibility index (Phi) is 3.94. The largest absolute Gasteiger partial charge is 0.344 e. The van der Waals surface area contributed by atoms with Gasteiger partial charge in [-0.3, -0.25) is 9.78 Å². The van der Waals surface area contributed by atoms with E-state index in [9.17, 15) is 14.9 Å². The van der Waals surface area contributed by atoms with Crippen LogP contribution >= 0.6 is 0 Å². The third-order valence-electron chi connectivity index (χ3n) is 4.54. The first-order valence-corrected chi connectivity index (χ1v) is 8.30. The summed E-state index contributed by atoms with van der Waals surface area (Å²) in [6.07, 6.45) is 4.04. The molecule has 3 heterocycles. The summed E-state index contributed by atoms with van der Waals surface area (Å²) < 4.78 is 1.94. The third-order valence-corrected chi connectivity index (χ3v) is 4.54. The molecule has 132 valence electrons. The van der Waals surface area contributed by atoms with E-state index in [4.69, 9.17) is 0 Å². The van der Waals surface area contributed by atoms with Gasteiger partial charge in [0.05, 0.1) is 11.3 Å². The van der Waals surface area contributed by atoms with Crippen LogP contribution in [0.2, 0.25) is 0 Å². The van der Waals surface area contributed by atoms with Crippen LogP contribution in [0.15, 0.2) is 40.2 Å². The molecule has 2 N–H and O–H groups in total. The summed E-state index contributed by atoms with van der Waals surface area (Å²) in [6, 6.07) is 7.61. The summed E-state index contributed by atoms with van der Waals surface area (Å²) in [5.74, 6) is 6.58. The summed E-state index contributed by atoms with van der Waals surface area (Å²) in [6.45, 7) is 0. The summed E-state index contributed by atoms with van der Waals surface area (Å²) in [5, 5.41) is 17.2. The normalized spacial score (nSPS) is 17.6. The SMILES string of the molecule is Cn1cccc1C#C[C@H]1C[C@@H]1c1cc(-c2c[nH]c(=O)[nH]c2=O)nnc1C#N. The van der Waals surface area contributed by atoms with Gasteiger partial charge in [-0.05, 0) is 36.1 Å². The Bertz CT molecular complexity index is 1250. The fraction of sp³-hybridized carbons (Fsp3) is 0.211. The predicted molar refractivity (Wildman–Crippen MR) is 96.6 cm³/mol. The molecule has 1 fully saturated rings. The molecule has 4 rings (SSSR count). The second-order valence-electron chi connectivity index (χ2n) is 6.35. The minimum atomic E-state index is -0.594. The number of aromatic nitrogens is 5. The van der Waals surface area contributed by atoms with Gasteiger partial charge in [0, 0.05) is 31.3 Å². The summed E-state index contributed by atoms with van der Waals surface area (Å²) >= 11 is 0. The maximum atomic E-state index is 12.0. The topological polar surface area (TPSA) is 120 Å². The lowest BCUT2D eigenvalue weighted by Gasteiger charge is -2.04. The Balaban J connectivity index is 1.66. The molecule has 1 saturated carbocycles. The highest BCUT2D eigenvalue weighted by atomic mass is 16.2. The van der Waals surface area contributed by atoms with Crippen molar-refractivity contribution in [3.63, 3.8) is 0 Å². The molecular formula is C19H14N6O2. The first kappa shape index (κ1) is 16.6. The highest BCUT2D eigenvalue weighted by molar-refractivity contribution is 5.59. The molecule has 0 bridgehead atoms. The van der Waals surface area contributed by atoms with Crippen LogP contribution in [0.1, 0.15) is 29.3 Å². The van der Waals surface area contributed by atoms with Crippen molar-refractivity contribution in [2.75, 3.05) is 0 Å². The van der Waals surface area contributed by atoms with Crippen molar-refractivity contribution >= 4 is 0 Å². The van der Waals surface area contributed by atoms with Gasteiger partial charge in [0.2, 0.25) is 0 Å². The number of H-pyrrole nitrogens is 2. The van der Waals surface area contributed by atoms with Crippen LogP contribution in [0.25, 0.3) is 11.3 Å². The average Bonchev–Trinajstić information content (AvgIpc) is 3.32. The van der Waals surface area contributed by atoms with Crippen LogP contribution in [-0.4, -0.2) is 24.7 Å². The number of hydrogen-bond acceptors (Lipinski definition) is 5. The molecule has 27 heavy (non-hydrogen) atoms. The maximum absolute atomic E-state index is 12.0. The summed E-state index contributed by atoms with van der Waals surface area (Å²) in [5.41, 5.74) is 1.23. The van der Waals surface area contributed by atoms with E-state index in [0.717, 1.165) is 17.7 Å². The van der Waals surface area contributed by atoms with E-state index in [1.165, 1.54) is 6.20 Å². The van der Waals surface area contributed by atoms with E-state index in [1.54, 1.807) is 6.07 Å². The van der Waals surface area contributed by atoms with Crippen molar-refractivity contribution < 1.29 is 0 Å². The van der Waals surface area contributed by atoms with Crippen molar-refractivity contribution in [2.45, 2.75) is 12.3 Å². The Hall–Kier alpha value is -3.91. The molecule has 0 spiro atoms. The smallest absolute Gasteiger partial charge is 0.325 e. The lowest BCUT2D eigenvalue weighted by Crippen LogP contribution is -2.23. The number of hydrogen-bond donors (Lipinski definition) is 2. The van der Waals surface area contributed by atoms with Crippen LogP contribution in [0.4, 0.5) is 0 Å². The molecule has 8 heteroatoms. The summed E-state index contributed by atoms with van der Waals surface area (Å²) in [4.78, 5) is 27.7. The zero-order chi connectivity index (χ0) is 19.0. The predicted octanol–water partition coefficient (Wildman–Crippen LogP) is 0.886. The Labute approximate surface area is 153 Å². The number of aryl methyl sites for hydroxylation is 1. The molecule has 0 amide bonds. The minimum Gasteiger partial charge on any atom is -0.344 e. The molecule has 0 saturated heterocycles. The quantitative estimate of drug-likeness (QED) is 0.659. The molecule has 0 unspecified atom stereocenters. The van der Waals surface area contributed by atoms with Crippen LogP contribution < -0.4 is 11.2 Å². The number of rotatable bonds is 2. The van der Waals surface area contributed by atoms with Crippen molar-refractivity contribution in [1.29, 1.82) is 5.26 Å². The second-order valence-corrected chi connectivity index (χ2v) is 6.35. The van der Waals surface area contributed by atoms with Gasteiger partial charge < -0.3 is 9.55 Å². The maximum Gasteiger partial charge on any atom is 0.325 e. The molecule has 0 radical (unpaired) electrons. The lowest BCUT2D eigenvalue weighted by atomic mass is 10.1. The van der Waals surface area contributed by atoms with Crippen LogP contribution in [0.5, 0.6) is 0 Å². The van der Waals surface area contributed by atoms with E-state index in [2.05, 4.69) is 32.0 Å². The van der Waals surface area contributed by atoms with Gasteiger partial charge in [-0.2, -0.15) is 5.26 Å². The van der Waals surface area contributed by atoms with Crippen LogP contribution in [0, 0.1) is 29.1 Å². The molecule has 3 aromatic heterocycles. The zero-order valence-corrected chi connectivity index (χ0v) is 14.4. The molecule has 8 nitrogen and oxygen atoms in total. The molecular weight excluding hydrogens is 344 g/mol. The number of nitrogens with zero attached hydrogens (tertiary/aromatic N) is 4. The Morgan fingerprint density at radius 1 is 1.33 bits per heavy atom. The monoisotopic (exact) mass is 358 g/mol. The minimum absolute atomic E-state index is 0.0727. The molecule has 1 aliphatic rings. The van der Waals surface area contributed by atoms with E-state index in [0.29, 0.717) is 5.69 Å².